The number of hydrogen-bond donors (Lipinski definition) is 2. The van der Waals surface area contributed by atoms with Crippen LogP contribution in [0.25, 0.3) is 11.0 Å². The number of nitrogen functional groups attached to an aromatic ring is 1. The van der Waals surface area contributed by atoms with Crippen LogP contribution in [0.5, 0.6) is 0 Å². The molecule has 0 aliphatic heterocycles. The first kappa shape index (κ1) is 16.2. The highest BCUT2D eigenvalue weighted by Gasteiger charge is 2.13. The molecule has 1 aromatic carbocycles. The maximum absolute atomic E-state index is 5.83. The third kappa shape index (κ3) is 3.45. The van der Waals surface area contributed by atoms with Crippen molar-refractivity contribution >= 4 is 22.8 Å². The number of aromatic nitrogens is 3. The van der Waals surface area contributed by atoms with Crippen molar-refractivity contribution in [3.05, 3.63) is 53.7 Å². The molecule has 5 nitrogen and oxygen atoms in total. The fourth-order valence-electron chi connectivity index (χ4n) is 2.71. The highest BCUT2D eigenvalue weighted by molar-refractivity contribution is 5.86. The molecule has 124 valence electrons. The van der Waals surface area contributed by atoms with E-state index in [9.17, 15) is 0 Å². The van der Waals surface area contributed by atoms with E-state index in [1.165, 1.54) is 5.56 Å². The quantitative estimate of drug-likeness (QED) is 0.672. The fourth-order valence-corrected chi connectivity index (χ4v) is 2.71. The highest BCUT2D eigenvalue weighted by Crippen LogP contribution is 2.26. The third-order valence-corrected chi connectivity index (χ3v) is 4.15. The smallest absolute Gasteiger partial charge is 0.222 e. The summed E-state index contributed by atoms with van der Waals surface area (Å²) in [6.07, 6.45) is 2.20. The number of anilines is 2. The van der Waals surface area contributed by atoms with Gasteiger partial charge in [0.05, 0.1) is 5.52 Å². The van der Waals surface area contributed by atoms with Crippen LogP contribution in [0.1, 0.15) is 43.9 Å². The van der Waals surface area contributed by atoms with Crippen molar-refractivity contribution < 1.29 is 0 Å². The summed E-state index contributed by atoms with van der Waals surface area (Å²) in [6, 6.07) is 14.4. The Balaban J connectivity index is 1.99. The second-order valence-corrected chi connectivity index (χ2v) is 5.95. The van der Waals surface area contributed by atoms with Gasteiger partial charge in [0.25, 0.3) is 0 Å². The van der Waals surface area contributed by atoms with Gasteiger partial charge in [-0.25, -0.2) is 9.97 Å². The van der Waals surface area contributed by atoms with E-state index in [0.29, 0.717) is 5.82 Å². The predicted octanol–water partition coefficient (Wildman–Crippen LogP) is 3.97. The molecule has 0 aliphatic carbocycles. The van der Waals surface area contributed by atoms with E-state index >= 15 is 0 Å². The molecular formula is C19H23N5. The Hall–Kier alpha value is -2.69. The average molecular weight is 321 g/mol. The van der Waals surface area contributed by atoms with Crippen LogP contribution in [0.3, 0.4) is 0 Å². The van der Waals surface area contributed by atoms with E-state index in [1.54, 1.807) is 0 Å². The first-order valence-electron chi connectivity index (χ1n) is 8.42. The Morgan fingerprint density at radius 1 is 1.04 bits per heavy atom. The van der Waals surface area contributed by atoms with Crippen LogP contribution < -0.4 is 11.1 Å². The summed E-state index contributed by atoms with van der Waals surface area (Å²) in [5.41, 5.74) is 9.61. The third-order valence-electron chi connectivity index (χ3n) is 4.15. The first-order valence-corrected chi connectivity index (χ1v) is 8.42. The summed E-state index contributed by atoms with van der Waals surface area (Å²) in [4.78, 5) is 13.5. The average Bonchev–Trinajstić information content (AvgIpc) is 2.61. The molecule has 0 fully saturated rings. The van der Waals surface area contributed by atoms with Crippen molar-refractivity contribution in [2.24, 2.45) is 0 Å². The zero-order chi connectivity index (χ0) is 16.9. The first-order chi connectivity index (χ1) is 11.7. The van der Waals surface area contributed by atoms with Crippen LogP contribution in [0, 0.1) is 0 Å². The number of rotatable bonds is 6. The van der Waals surface area contributed by atoms with Gasteiger partial charge < -0.3 is 11.1 Å². The molecule has 0 saturated carbocycles. The van der Waals surface area contributed by atoms with Crippen LogP contribution in [-0.4, -0.2) is 21.5 Å². The molecule has 1 unspecified atom stereocenters. The molecule has 0 radical (unpaired) electrons. The van der Waals surface area contributed by atoms with Gasteiger partial charge in [0.1, 0.15) is 5.52 Å². The zero-order valence-corrected chi connectivity index (χ0v) is 14.2. The molecule has 24 heavy (non-hydrogen) atoms. The minimum absolute atomic E-state index is 0.205. The summed E-state index contributed by atoms with van der Waals surface area (Å²) >= 11 is 0. The molecule has 0 saturated heterocycles. The summed E-state index contributed by atoms with van der Waals surface area (Å²) in [6.45, 7) is 5.17. The van der Waals surface area contributed by atoms with Gasteiger partial charge in [-0.3, -0.25) is 0 Å². The maximum atomic E-state index is 5.83. The second kappa shape index (κ2) is 7.25. The Bertz CT molecular complexity index is 817. The van der Waals surface area contributed by atoms with Gasteiger partial charge in [-0.2, -0.15) is 4.98 Å². The van der Waals surface area contributed by atoms with E-state index in [0.717, 1.165) is 36.1 Å². The maximum Gasteiger partial charge on any atom is 0.222 e. The lowest BCUT2D eigenvalue weighted by Crippen LogP contribution is -2.08. The summed E-state index contributed by atoms with van der Waals surface area (Å²) in [5, 5.41) is 3.34. The summed E-state index contributed by atoms with van der Waals surface area (Å²) in [5.74, 6) is 1.19. The Kier molecular flexibility index (Phi) is 4.89. The van der Waals surface area contributed by atoms with Crippen LogP contribution in [0.4, 0.5) is 11.8 Å². The van der Waals surface area contributed by atoms with Gasteiger partial charge in [0.15, 0.2) is 5.82 Å². The number of nitrogens with zero attached hydrogens (tertiary/aromatic N) is 3. The molecule has 3 N–H and O–H groups in total. The monoisotopic (exact) mass is 321 g/mol. The van der Waals surface area contributed by atoms with Crippen LogP contribution >= 0.6 is 0 Å². The van der Waals surface area contributed by atoms with Crippen molar-refractivity contribution in [1.82, 2.24) is 15.0 Å². The molecule has 0 amide bonds. The molecule has 3 rings (SSSR count). The molecule has 0 spiro atoms. The molecule has 0 aliphatic rings. The van der Waals surface area contributed by atoms with Crippen molar-refractivity contribution in [1.29, 1.82) is 0 Å². The molecule has 1 atom stereocenters. The zero-order valence-electron chi connectivity index (χ0n) is 14.2. The minimum atomic E-state index is 0.205. The molecule has 2 aromatic heterocycles. The Morgan fingerprint density at radius 3 is 2.58 bits per heavy atom. The van der Waals surface area contributed by atoms with Crippen molar-refractivity contribution in [3.63, 3.8) is 0 Å². The van der Waals surface area contributed by atoms with E-state index in [4.69, 9.17) is 10.7 Å². The summed E-state index contributed by atoms with van der Waals surface area (Å²) < 4.78 is 0. The van der Waals surface area contributed by atoms with Gasteiger partial charge in [0, 0.05) is 18.2 Å². The molecule has 3 aromatic rings. The molecular weight excluding hydrogens is 298 g/mol. The highest BCUT2D eigenvalue weighted by atomic mass is 15.1. The number of fused-ring (bicyclic) bond motifs is 1. The fraction of sp³-hybridized carbons (Fsp3) is 0.316. The van der Waals surface area contributed by atoms with E-state index < -0.39 is 0 Å². The topological polar surface area (TPSA) is 76.7 Å². The lowest BCUT2D eigenvalue weighted by atomic mass is 9.97. The van der Waals surface area contributed by atoms with Crippen molar-refractivity contribution in [2.45, 2.75) is 32.6 Å². The number of nitrogens with one attached hydrogen (secondary N) is 1. The van der Waals surface area contributed by atoms with E-state index in [-0.39, 0.29) is 11.9 Å². The molecule has 5 heteroatoms. The molecule has 0 bridgehead atoms. The van der Waals surface area contributed by atoms with Gasteiger partial charge in [0.2, 0.25) is 5.95 Å². The lowest BCUT2D eigenvalue weighted by Gasteiger charge is -2.14. The normalized spacial score (nSPS) is 12.2. The summed E-state index contributed by atoms with van der Waals surface area (Å²) in [7, 11) is 0. The van der Waals surface area contributed by atoms with Gasteiger partial charge in [-0.15, -0.1) is 0 Å². The van der Waals surface area contributed by atoms with E-state index in [2.05, 4.69) is 53.4 Å². The Labute approximate surface area is 142 Å². The van der Waals surface area contributed by atoms with Crippen molar-refractivity contribution in [3.8, 4) is 0 Å². The number of pyridine rings is 1. The van der Waals surface area contributed by atoms with Crippen LogP contribution in [0.2, 0.25) is 0 Å². The van der Waals surface area contributed by atoms with Crippen LogP contribution in [0.15, 0.2) is 42.5 Å². The van der Waals surface area contributed by atoms with Crippen LogP contribution in [-0.2, 0) is 0 Å². The second-order valence-electron chi connectivity index (χ2n) is 5.95. The van der Waals surface area contributed by atoms with E-state index in [1.807, 2.05) is 18.2 Å². The molecule has 2 heterocycles. The Morgan fingerprint density at radius 2 is 1.83 bits per heavy atom. The predicted molar refractivity (Wildman–Crippen MR) is 99.1 cm³/mol. The van der Waals surface area contributed by atoms with Crippen molar-refractivity contribution in [2.75, 3.05) is 17.6 Å². The SMILES string of the molecule is CCCCNc1nc(N)nc2ccc(C(C)c3ccccc3)nc12. The number of hydrogen-bond acceptors (Lipinski definition) is 5. The number of unbranched alkanes of at least 4 members (excludes halogenated alkanes) is 1. The minimum Gasteiger partial charge on any atom is -0.368 e. The lowest BCUT2D eigenvalue weighted by molar-refractivity contribution is 0.830. The van der Waals surface area contributed by atoms with Gasteiger partial charge >= 0.3 is 0 Å². The van der Waals surface area contributed by atoms with Gasteiger partial charge in [-0.05, 0) is 24.1 Å². The van der Waals surface area contributed by atoms with Gasteiger partial charge in [-0.1, -0.05) is 50.6 Å². The standard InChI is InChI=1S/C19H23N5/c1-3-4-12-21-18-17-16(23-19(20)24-18)11-10-15(22-17)13(2)14-8-6-5-7-9-14/h5-11,13H,3-4,12H2,1-2H3,(H3,20,21,23,24). The largest absolute Gasteiger partial charge is 0.368 e. The number of benzene rings is 1. The number of nitrogens with two attached hydrogens (primary N) is 1.